The maximum Gasteiger partial charge on any atom is 0.348 e. The molecule has 12 heteroatoms. The maximum atomic E-state index is 12.8. The molecule has 0 unspecified atom stereocenters. The number of nitrogens with zero attached hydrogens (tertiary/aromatic N) is 4. The van der Waals surface area contributed by atoms with E-state index in [0.29, 0.717) is 37.4 Å². The predicted octanol–water partition coefficient (Wildman–Crippen LogP) is 1.97. The molecule has 0 fully saturated rings. The van der Waals surface area contributed by atoms with Crippen LogP contribution in [0.5, 0.6) is 0 Å². The summed E-state index contributed by atoms with van der Waals surface area (Å²) in [5.41, 5.74) is 0.0936. The number of hydrogen-bond donors (Lipinski definition) is 1. The fourth-order valence-corrected chi connectivity index (χ4v) is 4.28. The Hall–Kier alpha value is -2.70. The number of anilines is 1. The summed E-state index contributed by atoms with van der Waals surface area (Å²) in [4.78, 5) is 42.4. The highest BCUT2D eigenvalue weighted by atomic mass is 32.1. The summed E-state index contributed by atoms with van der Waals surface area (Å²) in [5.74, 6) is -0.937. The van der Waals surface area contributed by atoms with Crippen molar-refractivity contribution in [1.29, 1.82) is 0 Å². The van der Waals surface area contributed by atoms with Crippen molar-refractivity contribution < 1.29 is 19.1 Å². The smallest absolute Gasteiger partial charge is 0.348 e. The highest BCUT2D eigenvalue weighted by Gasteiger charge is 2.21. The molecule has 3 heterocycles. The normalized spacial score (nSPS) is 11.2. The summed E-state index contributed by atoms with van der Waals surface area (Å²) < 4.78 is 11.4. The SMILES string of the molecule is COCc1nnc(NC(=O)Cn2cnc3sc(C(=O)OC(C)C)c(C)c3c2=O)s1. The summed E-state index contributed by atoms with van der Waals surface area (Å²) in [6, 6.07) is 0. The van der Waals surface area contributed by atoms with E-state index >= 15 is 0 Å². The van der Waals surface area contributed by atoms with Gasteiger partial charge in [0.2, 0.25) is 11.0 Å². The van der Waals surface area contributed by atoms with Gasteiger partial charge in [-0.05, 0) is 26.3 Å². The number of rotatable bonds is 7. The van der Waals surface area contributed by atoms with E-state index in [9.17, 15) is 14.4 Å². The monoisotopic (exact) mass is 437 g/mol. The molecule has 0 aliphatic heterocycles. The lowest BCUT2D eigenvalue weighted by Crippen LogP contribution is -2.27. The van der Waals surface area contributed by atoms with E-state index in [1.165, 1.54) is 29.3 Å². The number of aromatic nitrogens is 4. The molecule has 0 aliphatic rings. The first kappa shape index (κ1) is 21.0. The fourth-order valence-electron chi connectivity index (χ4n) is 2.53. The summed E-state index contributed by atoms with van der Waals surface area (Å²) in [7, 11) is 1.54. The zero-order chi connectivity index (χ0) is 21.1. The van der Waals surface area contributed by atoms with E-state index in [1.54, 1.807) is 20.8 Å². The minimum atomic E-state index is -0.493. The van der Waals surface area contributed by atoms with Gasteiger partial charge in [-0.1, -0.05) is 11.3 Å². The lowest BCUT2D eigenvalue weighted by atomic mass is 10.2. The van der Waals surface area contributed by atoms with Gasteiger partial charge < -0.3 is 9.47 Å². The van der Waals surface area contributed by atoms with E-state index in [0.717, 1.165) is 11.3 Å². The minimum Gasteiger partial charge on any atom is -0.459 e. The molecule has 0 aliphatic carbocycles. The zero-order valence-corrected chi connectivity index (χ0v) is 17.8. The lowest BCUT2D eigenvalue weighted by molar-refractivity contribution is -0.116. The van der Waals surface area contributed by atoms with Crippen molar-refractivity contribution in [3.05, 3.63) is 32.1 Å². The quantitative estimate of drug-likeness (QED) is 0.556. The minimum absolute atomic E-state index is 0.248. The van der Waals surface area contributed by atoms with Crippen LogP contribution in [0.2, 0.25) is 0 Å². The van der Waals surface area contributed by atoms with Crippen molar-refractivity contribution in [1.82, 2.24) is 19.7 Å². The molecule has 29 heavy (non-hydrogen) atoms. The number of ether oxygens (including phenoxy) is 2. The Morgan fingerprint density at radius 1 is 1.28 bits per heavy atom. The molecule has 0 radical (unpaired) electrons. The van der Waals surface area contributed by atoms with E-state index in [2.05, 4.69) is 20.5 Å². The second kappa shape index (κ2) is 8.76. The highest BCUT2D eigenvalue weighted by Crippen LogP contribution is 2.27. The first-order chi connectivity index (χ1) is 13.8. The van der Waals surface area contributed by atoms with E-state index < -0.39 is 17.4 Å². The third-order valence-corrected chi connectivity index (χ3v) is 5.73. The van der Waals surface area contributed by atoms with Crippen LogP contribution in [-0.2, 0) is 27.4 Å². The molecule has 3 rings (SSSR count). The van der Waals surface area contributed by atoms with Gasteiger partial charge in [0.1, 0.15) is 27.9 Å². The number of carbonyl (C=O) groups excluding carboxylic acids is 2. The van der Waals surface area contributed by atoms with Crippen LogP contribution >= 0.6 is 22.7 Å². The van der Waals surface area contributed by atoms with Crippen molar-refractivity contribution in [2.24, 2.45) is 0 Å². The largest absolute Gasteiger partial charge is 0.459 e. The van der Waals surface area contributed by atoms with Gasteiger partial charge >= 0.3 is 5.97 Å². The fraction of sp³-hybridized carbons (Fsp3) is 0.412. The van der Waals surface area contributed by atoms with Crippen LogP contribution in [0.25, 0.3) is 10.2 Å². The zero-order valence-electron chi connectivity index (χ0n) is 16.2. The number of amides is 1. The molecule has 10 nitrogen and oxygen atoms in total. The molecule has 0 aromatic carbocycles. The average molecular weight is 438 g/mol. The molecule has 1 N–H and O–H groups in total. The third-order valence-electron chi connectivity index (χ3n) is 3.74. The molecule has 1 amide bonds. The van der Waals surface area contributed by atoms with Crippen LogP contribution < -0.4 is 10.9 Å². The summed E-state index contributed by atoms with van der Waals surface area (Å²) in [5, 5.41) is 11.6. The van der Waals surface area contributed by atoms with Crippen molar-refractivity contribution in [2.75, 3.05) is 12.4 Å². The molecular weight excluding hydrogens is 418 g/mol. The number of carbonyl (C=O) groups is 2. The van der Waals surface area contributed by atoms with E-state index in [1.807, 2.05) is 0 Å². The molecular formula is C17H19N5O5S2. The number of methoxy groups -OCH3 is 1. The number of aryl methyl sites for hydroxylation is 1. The van der Waals surface area contributed by atoms with Crippen LogP contribution in [0, 0.1) is 6.92 Å². The number of fused-ring (bicyclic) bond motifs is 1. The van der Waals surface area contributed by atoms with Crippen LogP contribution in [0.4, 0.5) is 5.13 Å². The molecule has 0 spiro atoms. The topological polar surface area (TPSA) is 125 Å². The number of hydrogen-bond acceptors (Lipinski definition) is 10. The standard InChI is InChI=1S/C17H19N5O5S2/c1-8(2)27-16(25)13-9(3)12-14(29-13)18-7-22(15(12)24)5-10(23)19-17-21-20-11(28-17)6-26-4/h7-8H,5-6H2,1-4H3,(H,19,21,23). The molecule has 0 atom stereocenters. The Labute approximate surface area is 173 Å². The van der Waals surface area contributed by atoms with Crippen molar-refractivity contribution >= 4 is 49.9 Å². The Balaban J connectivity index is 1.81. The van der Waals surface area contributed by atoms with Gasteiger partial charge in [0, 0.05) is 7.11 Å². The Kier molecular flexibility index (Phi) is 6.35. The van der Waals surface area contributed by atoms with Crippen molar-refractivity contribution in [3.63, 3.8) is 0 Å². The maximum absolute atomic E-state index is 12.8. The second-order valence-electron chi connectivity index (χ2n) is 6.35. The van der Waals surface area contributed by atoms with Crippen LogP contribution in [0.3, 0.4) is 0 Å². The van der Waals surface area contributed by atoms with Gasteiger partial charge in [-0.15, -0.1) is 21.5 Å². The van der Waals surface area contributed by atoms with Gasteiger partial charge in [0.05, 0.1) is 17.8 Å². The van der Waals surface area contributed by atoms with E-state index in [-0.39, 0.29) is 12.6 Å². The van der Waals surface area contributed by atoms with Crippen molar-refractivity contribution in [2.45, 2.75) is 40.0 Å². The first-order valence-electron chi connectivity index (χ1n) is 8.60. The Morgan fingerprint density at radius 2 is 2.03 bits per heavy atom. The van der Waals surface area contributed by atoms with Crippen molar-refractivity contribution in [3.8, 4) is 0 Å². The summed E-state index contributed by atoms with van der Waals surface area (Å²) in [6.45, 7) is 5.22. The van der Waals surface area contributed by atoms with Gasteiger partial charge in [-0.25, -0.2) is 9.78 Å². The molecule has 0 saturated heterocycles. The van der Waals surface area contributed by atoms with Gasteiger partial charge in [0.25, 0.3) is 5.56 Å². The third kappa shape index (κ3) is 4.66. The van der Waals surface area contributed by atoms with Gasteiger partial charge in [-0.2, -0.15) is 0 Å². The van der Waals surface area contributed by atoms with Crippen LogP contribution in [-0.4, -0.2) is 44.8 Å². The predicted molar refractivity (Wildman–Crippen MR) is 108 cm³/mol. The molecule has 0 bridgehead atoms. The Bertz CT molecular complexity index is 1120. The highest BCUT2D eigenvalue weighted by molar-refractivity contribution is 7.20. The second-order valence-corrected chi connectivity index (χ2v) is 8.41. The van der Waals surface area contributed by atoms with Crippen LogP contribution in [0.1, 0.15) is 34.1 Å². The van der Waals surface area contributed by atoms with Gasteiger partial charge in [-0.3, -0.25) is 19.5 Å². The summed E-state index contributed by atoms with van der Waals surface area (Å²) in [6.07, 6.45) is 1.01. The molecule has 3 aromatic heterocycles. The molecule has 0 saturated carbocycles. The first-order valence-corrected chi connectivity index (χ1v) is 10.2. The number of thiophene rings is 1. The number of nitrogens with one attached hydrogen (secondary N) is 1. The average Bonchev–Trinajstić information content (AvgIpc) is 3.21. The molecule has 3 aromatic rings. The number of esters is 1. The Morgan fingerprint density at radius 3 is 2.72 bits per heavy atom. The summed E-state index contributed by atoms with van der Waals surface area (Å²) >= 11 is 2.28. The lowest BCUT2D eigenvalue weighted by Gasteiger charge is -2.06. The van der Waals surface area contributed by atoms with E-state index in [4.69, 9.17) is 9.47 Å². The van der Waals surface area contributed by atoms with Gasteiger partial charge in [0.15, 0.2) is 0 Å². The molecule has 154 valence electrons. The van der Waals surface area contributed by atoms with Crippen LogP contribution in [0.15, 0.2) is 11.1 Å².